The van der Waals surface area contributed by atoms with Crippen LogP contribution in [-0.4, -0.2) is 38.0 Å². The Balaban J connectivity index is 1.42. The number of nitrogens with one attached hydrogen (secondary N) is 1. The molecule has 4 rings (SSSR count). The number of fused-ring (bicyclic) bond motifs is 1. The Kier molecular flexibility index (Phi) is 6.81. The molecule has 7 nitrogen and oxygen atoms in total. The van der Waals surface area contributed by atoms with Gasteiger partial charge in [-0.2, -0.15) is 5.10 Å². The van der Waals surface area contributed by atoms with Crippen molar-refractivity contribution in [2.24, 2.45) is 13.0 Å². The third-order valence-electron chi connectivity index (χ3n) is 5.88. The maximum atomic E-state index is 12.3. The highest BCUT2D eigenvalue weighted by Crippen LogP contribution is 2.42. The monoisotopic (exact) mass is 455 g/mol. The van der Waals surface area contributed by atoms with E-state index in [1.54, 1.807) is 7.05 Å². The van der Waals surface area contributed by atoms with Crippen LogP contribution in [0.1, 0.15) is 30.4 Å². The summed E-state index contributed by atoms with van der Waals surface area (Å²) >= 11 is 0. The molecule has 0 bridgehead atoms. The molecule has 3 aromatic rings. The molecule has 0 amide bonds. The first-order valence-corrected chi connectivity index (χ1v) is 12.4. The first-order chi connectivity index (χ1) is 15.5. The van der Waals surface area contributed by atoms with E-state index in [4.69, 9.17) is 9.47 Å². The zero-order valence-corrected chi connectivity index (χ0v) is 19.2. The van der Waals surface area contributed by atoms with Gasteiger partial charge in [-0.25, -0.2) is 13.1 Å². The largest absolute Gasteiger partial charge is 0.493 e. The van der Waals surface area contributed by atoms with Crippen molar-refractivity contribution in [3.05, 3.63) is 72.1 Å². The molecule has 1 aliphatic heterocycles. The number of rotatable bonds is 9. The lowest BCUT2D eigenvalue weighted by molar-refractivity contribution is 0.187. The summed E-state index contributed by atoms with van der Waals surface area (Å²) in [5.41, 5.74) is 2.46. The Labute approximate surface area is 189 Å². The SMILES string of the molecule is CCC1COc2ccc(OCCNS(=O)(=O)c3cnn(C)c3)cc2C1Cc1ccccc1. The molecule has 2 heterocycles. The van der Waals surface area contributed by atoms with E-state index >= 15 is 0 Å². The summed E-state index contributed by atoms with van der Waals surface area (Å²) in [5, 5.41) is 3.90. The van der Waals surface area contributed by atoms with Crippen LogP contribution >= 0.6 is 0 Å². The number of hydrogen-bond donors (Lipinski definition) is 1. The van der Waals surface area contributed by atoms with E-state index in [2.05, 4.69) is 41.0 Å². The lowest BCUT2D eigenvalue weighted by Crippen LogP contribution is -2.28. The lowest BCUT2D eigenvalue weighted by Gasteiger charge is -2.33. The third kappa shape index (κ3) is 5.14. The number of aryl methyl sites for hydroxylation is 1. The van der Waals surface area contributed by atoms with Crippen molar-refractivity contribution in [2.75, 3.05) is 19.8 Å². The highest BCUT2D eigenvalue weighted by Gasteiger charge is 2.30. The summed E-state index contributed by atoms with van der Waals surface area (Å²) in [7, 11) is -1.92. The molecule has 2 atom stereocenters. The van der Waals surface area contributed by atoms with Crippen LogP contribution in [0.25, 0.3) is 0 Å². The second-order valence-electron chi connectivity index (χ2n) is 8.07. The van der Waals surface area contributed by atoms with E-state index in [1.165, 1.54) is 22.6 Å². The minimum atomic E-state index is -3.60. The minimum absolute atomic E-state index is 0.139. The number of sulfonamides is 1. The van der Waals surface area contributed by atoms with Gasteiger partial charge in [0.2, 0.25) is 10.0 Å². The molecule has 0 aliphatic carbocycles. The molecule has 0 saturated heterocycles. The predicted molar refractivity (Wildman–Crippen MR) is 122 cm³/mol. The fraction of sp³-hybridized carbons (Fsp3) is 0.375. The number of hydrogen-bond acceptors (Lipinski definition) is 5. The zero-order chi connectivity index (χ0) is 22.6. The molecular formula is C24H29N3O4S. The van der Waals surface area contributed by atoms with Crippen molar-refractivity contribution in [1.29, 1.82) is 0 Å². The maximum Gasteiger partial charge on any atom is 0.243 e. The fourth-order valence-corrected chi connectivity index (χ4v) is 5.11. The van der Waals surface area contributed by atoms with Crippen molar-refractivity contribution in [3.8, 4) is 11.5 Å². The van der Waals surface area contributed by atoms with Gasteiger partial charge >= 0.3 is 0 Å². The fourth-order valence-electron chi connectivity index (χ4n) is 4.12. The van der Waals surface area contributed by atoms with Crippen LogP contribution in [0.3, 0.4) is 0 Å². The molecule has 0 saturated carbocycles. The first kappa shape index (κ1) is 22.4. The van der Waals surface area contributed by atoms with Gasteiger partial charge in [0.15, 0.2) is 0 Å². The van der Waals surface area contributed by atoms with Gasteiger partial charge in [-0.1, -0.05) is 37.3 Å². The predicted octanol–water partition coefficient (Wildman–Crippen LogP) is 3.52. The molecule has 1 aliphatic rings. The summed E-state index contributed by atoms with van der Waals surface area (Å²) in [6, 6.07) is 16.4. The van der Waals surface area contributed by atoms with Crippen molar-refractivity contribution >= 4 is 10.0 Å². The molecule has 32 heavy (non-hydrogen) atoms. The van der Waals surface area contributed by atoms with E-state index < -0.39 is 10.0 Å². The van der Waals surface area contributed by atoms with Crippen molar-refractivity contribution in [3.63, 3.8) is 0 Å². The van der Waals surface area contributed by atoms with Crippen LogP contribution in [0, 0.1) is 5.92 Å². The van der Waals surface area contributed by atoms with Crippen LogP contribution in [0.4, 0.5) is 0 Å². The average molecular weight is 456 g/mol. The van der Waals surface area contributed by atoms with Crippen molar-refractivity contribution in [2.45, 2.75) is 30.6 Å². The molecule has 1 aromatic heterocycles. The van der Waals surface area contributed by atoms with Crippen molar-refractivity contribution in [1.82, 2.24) is 14.5 Å². The smallest absolute Gasteiger partial charge is 0.243 e. The number of nitrogens with zero attached hydrogens (tertiary/aromatic N) is 2. The summed E-state index contributed by atoms with van der Waals surface area (Å²) in [6.45, 7) is 3.30. The van der Waals surface area contributed by atoms with Crippen LogP contribution in [0.15, 0.2) is 65.8 Å². The Morgan fingerprint density at radius 1 is 1.22 bits per heavy atom. The molecule has 0 fully saturated rings. The molecule has 2 unspecified atom stereocenters. The summed E-state index contributed by atoms with van der Waals surface area (Å²) < 4.78 is 40.5. The second-order valence-corrected chi connectivity index (χ2v) is 9.84. The maximum absolute atomic E-state index is 12.3. The Hall–Kier alpha value is -2.84. The number of benzene rings is 2. The quantitative estimate of drug-likeness (QED) is 0.499. The van der Waals surface area contributed by atoms with Gasteiger partial charge in [0.05, 0.1) is 12.8 Å². The molecule has 8 heteroatoms. The van der Waals surface area contributed by atoms with Gasteiger partial charge < -0.3 is 9.47 Å². The minimum Gasteiger partial charge on any atom is -0.493 e. The number of aromatic nitrogens is 2. The lowest BCUT2D eigenvalue weighted by atomic mass is 9.78. The molecule has 1 N–H and O–H groups in total. The van der Waals surface area contributed by atoms with Crippen LogP contribution in [0.2, 0.25) is 0 Å². The zero-order valence-electron chi connectivity index (χ0n) is 18.4. The standard InChI is InChI=1S/C24H29N3O4S/c1-3-19-17-31-24-10-9-20(14-23(24)22(19)13-18-7-5-4-6-8-18)30-12-11-26-32(28,29)21-15-25-27(2)16-21/h4-10,14-16,19,22,26H,3,11-13,17H2,1-2H3. The van der Waals surface area contributed by atoms with Crippen molar-refractivity contribution < 1.29 is 17.9 Å². The highest BCUT2D eigenvalue weighted by molar-refractivity contribution is 7.89. The van der Waals surface area contributed by atoms with Crippen LogP contribution < -0.4 is 14.2 Å². The van der Waals surface area contributed by atoms with Gasteiger partial charge in [-0.15, -0.1) is 0 Å². The number of ether oxygens (including phenoxy) is 2. The normalized spacial score (nSPS) is 18.1. The molecule has 2 aromatic carbocycles. The summed E-state index contributed by atoms with van der Waals surface area (Å²) in [6.07, 6.45) is 4.77. The van der Waals surface area contributed by atoms with Gasteiger partial charge in [0, 0.05) is 31.3 Å². The van der Waals surface area contributed by atoms with Gasteiger partial charge in [-0.05, 0) is 42.5 Å². The van der Waals surface area contributed by atoms with E-state index in [-0.39, 0.29) is 18.0 Å². The molecular weight excluding hydrogens is 426 g/mol. The van der Waals surface area contributed by atoms with E-state index in [0.29, 0.717) is 17.6 Å². The highest BCUT2D eigenvalue weighted by atomic mass is 32.2. The summed E-state index contributed by atoms with van der Waals surface area (Å²) in [4.78, 5) is 0.139. The van der Waals surface area contributed by atoms with E-state index in [0.717, 1.165) is 30.8 Å². The Morgan fingerprint density at radius 3 is 2.75 bits per heavy atom. The van der Waals surface area contributed by atoms with Crippen LogP contribution in [-0.2, 0) is 23.5 Å². The van der Waals surface area contributed by atoms with Crippen LogP contribution in [0.5, 0.6) is 11.5 Å². The van der Waals surface area contributed by atoms with E-state index in [9.17, 15) is 8.42 Å². The Morgan fingerprint density at radius 2 is 2.03 bits per heavy atom. The van der Waals surface area contributed by atoms with Gasteiger partial charge in [0.25, 0.3) is 0 Å². The average Bonchev–Trinajstić information content (AvgIpc) is 3.25. The van der Waals surface area contributed by atoms with Gasteiger partial charge in [0.1, 0.15) is 23.0 Å². The summed E-state index contributed by atoms with van der Waals surface area (Å²) in [5.74, 6) is 2.39. The second kappa shape index (κ2) is 9.75. The van der Waals surface area contributed by atoms with Gasteiger partial charge in [-0.3, -0.25) is 4.68 Å². The first-order valence-electron chi connectivity index (χ1n) is 10.9. The molecule has 170 valence electrons. The molecule has 0 spiro atoms. The topological polar surface area (TPSA) is 82.4 Å². The third-order valence-corrected chi connectivity index (χ3v) is 7.30. The molecule has 0 radical (unpaired) electrons. The Bertz CT molecular complexity index is 1150. The van der Waals surface area contributed by atoms with E-state index in [1.807, 2.05) is 24.3 Å².